The molecule has 0 fully saturated rings. The molecule has 2 aromatic heterocycles. The Kier molecular flexibility index (Phi) is 2.61. The summed E-state index contributed by atoms with van der Waals surface area (Å²) in [4.78, 5) is 16.0. The van der Waals surface area contributed by atoms with E-state index in [1.165, 1.54) is 6.33 Å². The van der Waals surface area contributed by atoms with Crippen LogP contribution in [-0.2, 0) is 6.54 Å². The highest BCUT2D eigenvalue weighted by molar-refractivity contribution is 5.31. The average molecular weight is 187 g/mol. The molecule has 0 amide bonds. The Morgan fingerprint density at radius 1 is 1.07 bits per heavy atom. The molecule has 2 aromatic rings. The number of anilines is 1. The van der Waals surface area contributed by atoms with Gasteiger partial charge in [-0.2, -0.15) is 0 Å². The van der Waals surface area contributed by atoms with Crippen molar-refractivity contribution >= 4 is 5.82 Å². The van der Waals surface area contributed by atoms with Gasteiger partial charge in [0.25, 0.3) is 0 Å². The van der Waals surface area contributed by atoms with Gasteiger partial charge in [0.1, 0.15) is 18.0 Å². The first kappa shape index (κ1) is 8.55. The third-order valence-electron chi connectivity index (χ3n) is 1.63. The monoisotopic (exact) mass is 187 g/mol. The Hall–Kier alpha value is -2.04. The third-order valence-corrected chi connectivity index (χ3v) is 1.63. The van der Waals surface area contributed by atoms with Gasteiger partial charge in [-0.1, -0.05) is 0 Å². The summed E-state index contributed by atoms with van der Waals surface area (Å²) in [5, 5.41) is 3.08. The van der Waals surface area contributed by atoms with Gasteiger partial charge < -0.3 is 5.32 Å². The summed E-state index contributed by atoms with van der Waals surface area (Å²) in [7, 11) is 0. The fourth-order valence-corrected chi connectivity index (χ4v) is 0.986. The molecule has 0 aliphatic carbocycles. The molecule has 0 spiro atoms. The van der Waals surface area contributed by atoms with Gasteiger partial charge >= 0.3 is 0 Å². The van der Waals surface area contributed by atoms with Gasteiger partial charge in [0.05, 0.1) is 6.54 Å². The first-order valence-electron chi connectivity index (χ1n) is 4.21. The first-order chi connectivity index (χ1) is 6.95. The van der Waals surface area contributed by atoms with Gasteiger partial charge in [-0.25, -0.2) is 19.9 Å². The number of nitrogens with one attached hydrogen (secondary N) is 1. The number of rotatable bonds is 3. The summed E-state index contributed by atoms with van der Waals surface area (Å²) in [5.74, 6) is 1.51. The van der Waals surface area contributed by atoms with Crippen molar-refractivity contribution in [3.8, 4) is 0 Å². The van der Waals surface area contributed by atoms with Crippen molar-refractivity contribution in [1.82, 2.24) is 19.9 Å². The largest absolute Gasteiger partial charge is 0.363 e. The number of aromatic nitrogens is 4. The zero-order chi connectivity index (χ0) is 9.64. The van der Waals surface area contributed by atoms with Crippen LogP contribution >= 0.6 is 0 Å². The Labute approximate surface area is 81.3 Å². The van der Waals surface area contributed by atoms with Crippen LogP contribution in [0.1, 0.15) is 5.82 Å². The zero-order valence-electron chi connectivity index (χ0n) is 7.46. The van der Waals surface area contributed by atoms with E-state index in [4.69, 9.17) is 0 Å². The van der Waals surface area contributed by atoms with Crippen LogP contribution in [0, 0.1) is 0 Å². The summed E-state index contributed by atoms with van der Waals surface area (Å²) in [6.07, 6.45) is 6.60. The van der Waals surface area contributed by atoms with Crippen LogP contribution in [0.3, 0.4) is 0 Å². The van der Waals surface area contributed by atoms with Crippen LogP contribution < -0.4 is 5.32 Å². The Morgan fingerprint density at radius 3 is 2.64 bits per heavy atom. The SMILES string of the molecule is c1cnc(CNc2ccncn2)nc1. The molecule has 0 aromatic carbocycles. The third kappa shape index (κ3) is 2.22. The van der Waals surface area contributed by atoms with E-state index >= 15 is 0 Å². The van der Waals surface area contributed by atoms with Crippen molar-refractivity contribution < 1.29 is 0 Å². The molecule has 14 heavy (non-hydrogen) atoms. The number of hydrogen-bond acceptors (Lipinski definition) is 5. The van der Waals surface area contributed by atoms with E-state index in [1.807, 2.05) is 0 Å². The minimum absolute atomic E-state index is 0.567. The fourth-order valence-electron chi connectivity index (χ4n) is 0.986. The molecule has 1 N–H and O–H groups in total. The molecule has 0 radical (unpaired) electrons. The summed E-state index contributed by atoms with van der Waals surface area (Å²) >= 11 is 0. The lowest BCUT2D eigenvalue weighted by molar-refractivity contribution is 0.938. The molecule has 2 rings (SSSR count). The van der Waals surface area contributed by atoms with Gasteiger partial charge in [0.15, 0.2) is 0 Å². The van der Waals surface area contributed by atoms with Gasteiger partial charge in [-0.15, -0.1) is 0 Å². The molecular weight excluding hydrogens is 178 g/mol. The number of nitrogens with zero attached hydrogens (tertiary/aromatic N) is 4. The Bertz CT molecular complexity index is 335. The lowest BCUT2D eigenvalue weighted by atomic mass is 10.5. The van der Waals surface area contributed by atoms with Crippen LogP contribution in [-0.4, -0.2) is 19.9 Å². The smallest absolute Gasteiger partial charge is 0.147 e. The predicted octanol–water partition coefficient (Wildman–Crippen LogP) is 0.879. The summed E-state index contributed by atoms with van der Waals surface area (Å²) in [6, 6.07) is 3.58. The van der Waals surface area contributed by atoms with E-state index < -0.39 is 0 Å². The molecule has 0 saturated carbocycles. The maximum Gasteiger partial charge on any atom is 0.147 e. The molecule has 5 heteroatoms. The molecule has 0 unspecified atom stereocenters. The fraction of sp³-hybridized carbons (Fsp3) is 0.111. The normalized spacial score (nSPS) is 9.71. The average Bonchev–Trinajstić information content (AvgIpc) is 2.29. The standard InChI is InChI=1S/C9H9N5/c1-3-11-9(12-4-1)6-13-8-2-5-10-7-14-8/h1-5,7H,6H2,(H,10,13,14). The first-order valence-corrected chi connectivity index (χ1v) is 4.21. The summed E-state index contributed by atoms with van der Waals surface area (Å²) < 4.78 is 0. The van der Waals surface area contributed by atoms with E-state index in [0.717, 1.165) is 11.6 Å². The van der Waals surface area contributed by atoms with Crippen molar-refractivity contribution in [1.29, 1.82) is 0 Å². The second-order valence-corrected chi connectivity index (χ2v) is 2.61. The molecular formula is C9H9N5. The van der Waals surface area contributed by atoms with Gasteiger partial charge in [-0.3, -0.25) is 0 Å². The molecule has 0 aliphatic heterocycles. The summed E-state index contributed by atoms with van der Waals surface area (Å²) in [6.45, 7) is 0.567. The minimum atomic E-state index is 0.567. The van der Waals surface area contributed by atoms with Crippen LogP contribution in [0.15, 0.2) is 37.1 Å². The maximum atomic E-state index is 4.08. The van der Waals surface area contributed by atoms with Crippen molar-refractivity contribution in [3.05, 3.63) is 42.9 Å². The van der Waals surface area contributed by atoms with Crippen LogP contribution in [0.2, 0.25) is 0 Å². The van der Waals surface area contributed by atoms with Gasteiger partial charge in [0, 0.05) is 18.6 Å². The molecule has 0 bridgehead atoms. The van der Waals surface area contributed by atoms with E-state index in [-0.39, 0.29) is 0 Å². The molecule has 0 atom stereocenters. The molecule has 2 heterocycles. The molecule has 0 saturated heterocycles. The second-order valence-electron chi connectivity index (χ2n) is 2.61. The highest BCUT2D eigenvalue weighted by atomic mass is 15.0. The Morgan fingerprint density at radius 2 is 1.93 bits per heavy atom. The van der Waals surface area contributed by atoms with Crippen molar-refractivity contribution in [3.63, 3.8) is 0 Å². The highest BCUT2D eigenvalue weighted by Gasteiger charge is 1.94. The van der Waals surface area contributed by atoms with E-state index in [9.17, 15) is 0 Å². The van der Waals surface area contributed by atoms with Crippen molar-refractivity contribution in [2.24, 2.45) is 0 Å². The zero-order valence-corrected chi connectivity index (χ0v) is 7.46. The lowest BCUT2D eigenvalue weighted by Gasteiger charge is -2.02. The minimum Gasteiger partial charge on any atom is -0.363 e. The molecule has 0 aliphatic rings. The van der Waals surface area contributed by atoms with Crippen molar-refractivity contribution in [2.75, 3.05) is 5.32 Å². The predicted molar refractivity (Wildman–Crippen MR) is 51.4 cm³/mol. The lowest BCUT2D eigenvalue weighted by Crippen LogP contribution is -2.04. The summed E-state index contributed by atoms with van der Waals surface area (Å²) in [5.41, 5.74) is 0. The Balaban J connectivity index is 1.96. The molecule has 5 nitrogen and oxygen atoms in total. The van der Waals surface area contributed by atoms with Crippen LogP contribution in [0.4, 0.5) is 5.82 Å². The van der Waals surface area contributed by atoms with E-state index in [0.29, 0.717) is 6.54 Å². The topological polar surface area (TPSA) is 63.6 Å². The van der Waals surface area contributed by atoms with Crippen LogP contribution in [0.5, 0.6) is 0 Å². The quantitative estimate of drug-likeness (QED) is 0.772. The van der Waals surface area contributed by atoms with Crippen LogP contribution in [0.25, 0.3) is 0 Å². The molecule has 70 valence electrons. The van der Waals surface area contributed by atoms with E-state index in [2.05, 4.69) is 25.3 Å². The maximum absolute atomic E-state index is 4.08. The highest BCUT2D eigenvalue weighted by Crippen LogP contribution is 1.99. The van der Waals surface area contributed by atoms with Gasteiger partial charge in [0.2, 0.25) is 0 Å². The number of hydrogen-bond donors (Lipinski definition) is 1. The van der Waals surface area contributed by atoms with E-state index in [1.54, 1.807) is 30.7 Å². The second kappa shape index (κ2) is 4.27. The van der Waals surface area contributed by atoms with Crippen molar-refractivity contribution in [2.45, 2.75) is 6.54 Å². The van der Waals surface area contributed by atoms with Gasteiger partial charge in [-0.05, 0) is 12.1 Å².